The molecule has 1 N–H and O–H groups in total. The topological polar surface area (TPSA) is 29.1 Å². The number of benzene rings is 1. The summed E-state index contributed by atoms with van der Waals surface area (Å²) in [6, 6.07) is 7.98. The van der Waals surface area contributed by atoms with Crippen LogP contribution >= 0.6 is 0 Å². The van der Waals surface area contributed by atoms with Crippen molar-refractivity contribution in [3.63, 3.8) is 0 Å². The first-order chi connectivity index (χ1) is 7.00. The second-order valence-electron chi connectivity index (χ2n) is 4.41. The van der Waals surface area contributed by atoms with Crippen molar-refractivity contribution in [2.75, 3.05) is 0 Å². The van der Waals surface area contributed by atoms with E-state index in [-0.39, 0.29) is 11.9 Å². The lowest BCUT2D eigenvalue weighted by Gasteiger charge is -2.10. The molecule has 1 rings (SSSR count). The minimum Gasteiger partial charge on any atom is -0.350 e. The first kappa shape index (κ1) is 11.8. The van der Waals surface area contributed by atoms with Crippen LogP contribution in [0.1, 0.15) is 49.5 Å². The van der Waals surface area contributed by atoms with Crippen molar-refractivity contribution in [3.05, 3.63) is 35.4 Å². The maximum atomic E-state index is 11.7. The van der Waals surface area contributed by atoms with Crippen LogP contribution in [0.2, 0.25) is 0 Å². The van der Waals surface area contributed by atoms with E-state index >= 15 is 0 Å². The summed E-state index contributed by atoms with van der Waals surface area (Å²) in [4.78, 5) is 11.7. The van der Waals surface area contributed by atoms with Gasteiger partial charge in [-0.25, -0.2) is 0 Å². The fraction of sp³-hybridized carbons (Fsp3) is 0.462. The summed E-state index contributed by atoms with van der Waals surface area (Å²) in [5.41, 5.74) is 1.95. The third-order valence-corrected chi connectivity index (χ3v) is 2.24. The normalized spacial score (nSPS) is 10.8. The van der Waals surface area contributed by atoms with Gasteiger partial charge in [0.1, 0.15) is 0 Å². The van der Waals surface area contributed by atoms with Crippen molar-refractivity contribution in [1.29, 1.82) is 0 Å². The van der Waals surface area contributed by atoms with Gasteiger partial charge in [0.2, 0.25) is 0 Å². The number of amides is 1. The van der Waals surface area contributed by atoms with Gasteiger partial charge in [0.05, 0.1) is 0 Å². The number of carbonyl (C=O) groups is 1. The molecule has 0 atom stereocenters. The van der Waals surface area contributed by atoms with Gasteiger partial charge in [-0.1, -0.05) is 26.0 Å². The molecule has 0 heterocycles. The lowest BCUT2D eigenvalue weighted by atomic mass is 10.0. The first-order valence-corrected chi connectivity index (χ1v) is 5.41. The average molecular weight is 205 g/mol. The van der Waals surface area contributed by atoms with Gasteiger partial charge in [0, 0.05) is 11.6 Å². The Morgan fingerprint density at radius 2 is 1.87 bits per heavy atom. The minimum absolute atomic E-state index is 0.00694. The average Bonchev–Trinajstić information content (AvgIpc) is 2.17. The zero-order chi connectivity index (χ0) is 11.4. The molecule has 15 heavy (non-hydrogen) atoms. The molecular formula is C13H19NO. The molecule has 82 valence electrons. The highest BCUT2D eigenvalue weighted by molar-refractivity contribution is 5.94. The van der Waals surface area contributed by atoms with Crippen molar-refractivity contribution in [2.24, 2.45) is 0 Å². The Hall–Kier alpha value is -1.31. The Morgan fingerprint density at radius 1 is 1.20 bits per heavy atom. The van der Waals surface area contributed by atoms with Gasteiger partial charge in [-0.3, -0.25) is 4.79 Å². The second-order valence-corrected chi connectivity index (χ2v) is 4.41. The summed E-state index contributed by atoms with van der Waals surface area (Å²) in [7, 11) is 0. The van der Waals surface area contributed by atoms with Gasteiger partial charge in [-0.15, -0.1) is 0 Å². The number of rotatable bonds is 3. The van der Waals surface area contributed by atoms with Crippen LogP contribution in [0.3, 0.4) is 0 Å². The molecule has 2 nitrogen and oxygen atoms in total. The van der Waals surface area contributed by atoms with E-state index in [2.05, 4.69) is 25.2 Å². The van der Waals surface area contributed by atoms with Crippen LogP contribution in [0.4, 0.5) is 0 Å². The Bertz CT molecular complexity index is 342. The molecule has 0 aliphatic heterocycles. The molecule has 0 radical (unpaired) electrons. The van der Waals surface area contributed by atoms with Crippen LogP contribution in [-0.4, -0.2) is 11.9 Å². The van der Waals surface area contributed by atoms with Crippen LogP contribution in [0.5, 0.6) is 0 Å². The molecule has 0 aliphatic carbocycles. The molecule has 0 bridgehead atoms. The zero-order valence-corrected chi connectivity index (χ0v) is 9.87. The molecule has 0 saturated heterocycles. The summed E-state index contributed by atoms with van der Waals surface area (Å²) in [5, 5.41) is 2.89. The van der Waals surface area contributed by atoms with E-state index in [1.54, 1.807) is 0 Å². The highest BCUT2D eigenvalue weighted by atomic mass is 16.1. The zero-order valence-electron chi connectivity index (χ0n) is 9.87. The molecule has 1 aromatic rings. The number of carbonyl (C=O) groups excluding carboxylic acids is 1. The van der Waals surface area contributed by atoms with E-state index in [0.717, 1.165) is 5.56 Å². The fourth-order valence-electron chi connectivity index (χ4n) is 1.38. The second kappa shape index (κ2) is 4.96. The summed E-state index contributed by atoms with van der Waals surface area (Å²) < 4.78 is 0. The van der Waals surface area contributed by atoms with E-state index in [9.17, 15) is 4.79 Å². The van der Waals surface area contributed by atoms with Gasteiger partial charge in [0.15, 0.2) is 0 Å². The van der Waals surface area contributed by atoms with E-state index < -0.39 is 0 Å². The van der Waals surface area contributed by atoms with E-state index in [4.69, 9.17) is 0 Å². The Morgan fingerprint density at radius 3 is 2.40 bits per heavy atom. The molecule has 1 amide bonds. The van der Waals surface area contributed by atoms with Gasteiger partial charge in [0.25, 0.3) is 5.91 Å². The van der Waals surface area contributed by atoms with Gasteiger partial charge < -0.3 is 5.32 Å². The highest BCUT2D eigenvalue weighted by Gasteiger charge is 2.08. The molecule has 0 aromatic heterocycles. The summed E-state index contributed by atoms with van der Waals surface area (Å²) in [6.07, 6.45) is 0. The molecule has 0 spiro atoms. The quantitative estimate of drug-likeness (QED) is 0.807. The Labute approximate surface area is 91.7 Å². The monoisotopic (exact) mass is 205 g/mol. The van der Waals surface area contributed by atoms with Crippen molar-refractivity contribution >= 4 is 5.91 Å². The highest BCUT2D eigenvalue weighted by Crippen LogP contribution is 2.15. The predicted octanol–water partition coefficient (Wildman–Crippen LogP) is 2.95. The number of hydrogen-bond donors (Lipinski definition) is 1. The number of nitrogens with one attached hydrogen (secondary N) is 1. The summed E-state index contributed by atoms with van der Waals surface area (Å²) in [5.74, 6) is 0.462. The smallest absolute Gasteiger partial charge is 0.251 e. The third-order valence-electron chi connectivity index (χ3n) is 2.24. The predicted molar refractivity (Wildman–Crippen MR) is 63.1 cm³/mol. The number of hydrogen-bond acceptors (Lipinski definition) is 1. The Balaban J connectivity index is 2.85. The van der Waals surface area contributed by atoms with Crippen molar-refractivity contribution in [3.8, 4) is 0 Å². The van der Waals surface area contributed by atoms with Gasteiger partial charge in [-0.2, -0.15) is 0 Å². The van der Waals surface area contributed by atoms with Crippen LogP contribution < -0.4 is 5.32 Å². The molecule has 0 aliphatic rings. The SMILES string of the molecule is CC(C)NC(=O)c1cccc(C(C)C)c1. The van der Waals surface area contributed by atoms with Crippen LogP contribution in [0.15, 0.2) is 24.3 Å². The first-order valence-electron chi connectivity index (χ1n) is 5.41. The van der Waals surface area contributed by atoms with E-state index in [0.29, 0.717) is 5.92 Å². The van der Waals surface area contributed by atoms with Crippen LogP contribution in [-0.2, 0) is 0 Å². The lowest BCUT2D eigenvalue weighted by molar-refractivity contribution is 0.0943. The molecule has 2 heteroatoms. The van der Waals surface area contributed by atoms with Crippen LogP contribution in [0, 0.1) is 0 Å². The Kier molecular flexibility index (Phi) is 3.89. The summed E-state index contributed by atoms with van der Waals surface area (Å²) >= 11 is 0. The van der Waals surface area contributed by atoms with Crippen molar-refractivity contribution in [1.82, 2.24) is 5.32 Å². The van der Waals surface area contributed by atoms with E-state index in [1.165, 1.54) is 5.56 Å². The van der Waals surface area contributed by atoms with Gasteiger partial charge >= 0.3 is 0 Å². The standard InChI is InChI=1S/C13H19NO/c1-9(2)11-6-5-7-12(8-11)13(15)14-10(3)4/h5-10H,1-4H3,(H,14,15). The largest absolute Gasteiger partial charge is 0.350 e. The molecule has 0 fully saturated rings. The molecule has 0 unspecified atom stereocenters. The van der Waals surface area contributed by atoms with Crippen molar-refractivity contribution in [2.45, 2.75) is 39.7 Å². The van der Waals surface area contributed by atoms with Gasteiger partial charge in [-0.05, 0) is 37.5 Å². The summed E-state index contributed by atoms with van der Waals surface area (Å²) in [6.45, 7) is 8.17. The third kappa shape index (κ3) is 3.39. The van der Waals surface area contributed by atoms with Crippen molar-refractivity contribution < 1.29 is 4.79 Å². The molecular weight excluding hydrogens is 186 g/mol. The molecule has 0 saturated carbocycles. The van der Waals surface area contributed by atoms with Crippen LogP contribution in [0.25, 0.3) is 0 Å². The molecule has 1 aromatic carbocycles. The maximum Gasteiger partial charge on any atom is 0.251 e. The lowest BCUT2D eigenvalue weighted by Crippen LogP contribution is -2.30. The maximum absolute atomic E-state index is 11.7. The minimum atomic E-state index is 0.00694. The van der Waals surface area contributed by atoms with E-state index in [1.807, 2.05) is 32.0 Å². The fourth-order valence-corrected chi connectivity index (χ4v) is 1.38.